The maximum absolute atomic E-state index is 13.4. The molecule has 31 heavy (non-hydrogen) atoms. The molecule has 0 radical (unpaired) electrons. The van der Waals surface area contributed by atoms with Gasteiger partial charge in [0.25, 0.3) is 5.91 Å². The molecule has 1 aromatic heterocycles. The number of aliphatic hydroxyl groups is 1. The first-order valence-electron chi connectivity index (χ1n) is 10.4. The average Bonchev–Trinajstić information content (AvgIpc) is 2.78. The van der Waals surface area contributed by atoms with Crippen molar-refractivity contribution in [3.63, 3.8) is 0 Å². The van der Waals surface area contributed by atoms with E-state index in [-0.39, 0.29) is 18.5 Å². The Balaban J connectivity index is 1.54. The van der Waals surface area contributed by atoms with Crippen LogP contribution in [0.25, 0.3) is 0 Å². The predicted octanol–water partition coefficient (Wildman–Crippen LogP) is 2.73. The number of hydrogen-bond acceptors (Lipinski definition) is 6. The van der Waals surface area contributed by atoms with Crippen molar-refractivity contribution in [3.8, 4) is 0 Å². The molecular weight excluding hydrogens is 439 g/mol. The zero-order valence-electron chi connectivity index (χ0n) is 17.3. The second-order valence-corrected chi connectivity index (χ2v) is 8.75. The number of nitrogens with zero attached hydrogens (tertiary/aromatic N) is 3. The van der Waals surface area contributed by atoms with Crippen LogP contribution in [0.4, 0.5) is 5.69 Å². The van der Waals surface area contributed by atoms with E-state index in [0.29, 0.717) is 48.3 Å². The smallest absolute Gasteiger partial charge is 0.254 e. The second-order valence-electron chi connectivity index (χ2n) is 7.91. The van der Waals surface area contributed by atoms with Gasteiger partial charge in [-0.2, -0.15) is 0 Å². The van der Waals surface area contributed by atoms with Crippen molar-refractivity contribution in [1.29, 1.82) is 0 Å². The highest BCUT2D eigenvalue weighted by Gasteiger charge is 2.36. The first-order valence-corrected chi connectivity index (χ1v) is 11.1. The number of rotatable bonds is 4. The summed E-state index contributed by atoms with van der Waals surface area (Å²) in [6.07, 6.45) is 2.61. The van der Waals surface area contributed by atoms with Crippen molar-refractivity contribution in [1.82, 2.24) is 9.88 Å². The fraction of sp³-hybridized carbons (Fsp3) is 0.455. The molecule has 3 heterocycles. The van der Waals surface area contributed by atoms with E-state index in [1.54, 1.807) is 24.5 Å². The first kappa shape index (κ1) is 22.3. The minimum atomic E-state index is -0.789. The van der Waals surface area contributed by atoms with Crippen LogP contribution in [0, 0.1) is 0 Å². The summed E-state index contributed by atoms with van der Waals surface area (Å²) in [7, 11) is 0. The normalized spacial score (nSPS) is 22.2. The Morgan fingerprint density at radius 2 is 2.19 bits per heavy atom. The summed E-state index contributed by atoms with van der Waals surface area (Å²) < 4.78 is 5.86. The number of hydrogen-bond donors (Lipinski definition) is 2. The van der Waals surface area contributed by atoms with Crippen LogP contribution in [0.15, 0.2) is 30.6 Å². The van der Waals surface area contributed by atoms with Crippen LogP contribution >= 0.6 is 23.2 Å². The number of anilines is 1. The number of halogens is 2. The lowest BCUT2D eigenvalue weighted by molar-refractivity contribution is -0.147. The van der Waals surface area contributed by atoms with Gasteiger partial charge in [-0.25, -0.2) is 0 Å². The van der Waals surface area contributed by atoms with E-state index in [2.05, 4.69) is 4.98 Å². The Hall–Kier alpha value is -1.90. The molecule has 4 rings (SSSR count). The number of carbonyl (C=O) groups is 1. The summed E-state index contributed by atoms with van der Waals surface area (Å²) in [4.78, 5) is 21.5. The number of nitrogens with two attached hydrogens (primary N) is 1. The summed E-state index contributed by atoms with van der Waals surface area (Å²) in [5.74, 6) is -0.0707. The molecular formula is C22H26Cl2N4O3. The zero-order valence-corrected chi connectivity index (χ0v) is 18.8. The maximum Gasteiger partial charge on any atom is 0.254 e. The molecule has 0 saturated carbocycles. The molecule has 2 aromatic rings. The van der Waals surface area contributed by atoms with Gasteiger partial charge in [-0.3, -0.25) is 9.78 Å². The molecule has 0 spiro atoms. The average molecular weight is 465 g/mol. The van der Waals surface area contributed by atoms with Gasteiger partial charge < -0.3 is 25.4 Å². The van der Waals surface area contributed by atoms with Gasteiger partial charge in [0, 0.05) is 41.4 Å². The Bertz CT molecular complexity index is 974. The predicted molar refractivity (Wildman–Crippen MR) is 120 cm³/mol. The summed E-state index contributed by atoms with van der Waals surface area (Å²) in [5, 5.41) is 11.5. The number of ether oxygens (including phenoxy) is 1. The van der Waals surface area contributed by atoms with Crippen molar-refractivity contribution in [3.05, 3.63) is 57.3 Å². The van der Waals surface area contributed by atoms with Crippen LogP contribution in [0.2, 0.25) is 10.0 Å². The topological polar surface area (TPSA) is 91.9 Å². The number of morpholine rings is 1. The fourth-order valence-electron chi connectivity index (χ4n) is 4.48. The molecule has 0 bridgehead atoms. The minimum absolute atomic E-state index is 0.0707. The van der Waals surface area contributed by atoms with Crippen molar-refractivity contribution in [2.75, 3.05) is 37.7 Å². The number of fused-ring (bicyclic) bond motifs is 1. The van der Waals surface area contributed by atoms with Crippen LogP contribution < -0.4 is 10.6 Å². The lowest BCUT2D eigenvalue weighted by atomic mass is 9.93. The molecule has 1 unspecified atom stereocenters. The number of carbonyl (C=O) groups excluding carboxylic acids is 1. The zero-order chi connectivity index (χ0) is 22.1. The standard InChI is InChI=1S/C22H26Cl2N4O3/c1-13-21-14(8-15(23)9-17(21)24)3-5-28(13)22(30)20-12-27(6-7-31-20)18-11-26-4-2-16(18)19(29)10-25/h2,4,8-9,11,13,19-20,29H,3,5-7,10,12,25H2,1H3/t13-,19?,20+/m0/s1. The van der Waals surface area contributed by atoms with E-state index in [1.165, 1.54) is 0 Å². The van der Waals surface area contributed by atoms with Crippen LogP contribution in [0.1, 0.15) is 35.8 Å². The monoisotopic (exact) mass is 464 g/mol. The third-order valence-electron chi connectivity index (χ3n) is 6.07. The highest BCUT2D eigenvalue weighted by atomic mass is 35.5. The van der Waals surface area contributed by atoms with E-state index in [9.17, 15) is 9.90 Å². The van der Waals surface area contributed by atoms with E-state index < -0.39 is 12.2 Å². The van der Waals surface area contributed by atoms with Crippen molar-refractivity contribution in [2.45, 2.75) is 31.6 Å². The second kappa shape index (κ2) is 9.30. The molecule has 1 amide bonds. The molecule has 1 aromatic carbocycles. The van der Waals surface area contributed by atoms with E-state index in [4.69, 9.17) is 33.7 Å². The van der Waals surface area contributed by atoms with Crippen molar-refractivity contribution in [2.24, 2.45) is 5.73 Å². The number of benzene rings is 1. The Morgan fingerprint density at radius 3 is 2.97 bits per heavy atom. The van der Waals surface area contributed by atoms with E-state index >= 15 is 0 Å². The first-order chi connectivity index (χ1) is 14.9. The Labute approximate surface area is 191 Å². The van der Waals surface area contributed by atoms with Gasteiger partial charge in [0.05, 0.1) is 37.2 Å². The highest BCUT2D eigenvalue weighted by Crippen LogP contribution is 2.37. The van der Waals surface area contributed by atoms with Crippen LogP contribution in [0.3, 0.4) is 0 Å². The van der Waals surface area contributed by atoms with Gasteiger partial charge in [-0.05, 0) is 42.7 Å². The number of aromatic nitrogens is 1. The molecule has 2 aliphatic heterocycles. The summed E-state index contributed by atoms with van der Waals surface area (Å²) in [6, 6.07) is 5.23. The third-order valence-corrected chi connectivity index (χ3v) is 6.60. The van der Waals surface area contributed by atoms with Crippen LogP contribution in [-0.2, 0) is 16.0 Å². The lowest BCUT2D eigenvalue weighted by Crippen LogP contribution is -2.53. The van der Waals surface area contributed by atoms with Gasteiger partial charge in [-0.15, -0.1) is 0 Å². The molecule has 3 N–H and O–H groups in total. The molecule has 1 saturated heterocycles. The van der Waals surface area contributed by atoms with E-state index in [1.807, 2.05) is 22.8 Å². The summed E-state index contributed by atoms with van der Waals surface area (Å²) >= 11 is 12.6. The molecule has 7 nitrogen and oxygen atoms in total. The SMILES string of the molecule is C[C@H]1c2c(Cl)cc(Cl)cc2CCN1C(=O)[C@H]1CN(c2cnccc2C(O)CN)CCO1. The molecule has 9 heteroatoms. The van der Waals surface area contributed by atoms with Crippen LogP contribution in [0.5, 0.6) is 0 Å². The lowest BCUT2D eigenvalue weighted by Gasteiger charge is -2.41. The highest BCUT2D eigenvalue weighted by molar-refractivity contribution is 6.35. The van der Waals surface area contributed by atoms with Gasteiger partial charge in [0.15, 0.2) is 6.10 Å². The summed E-state index contributed by atoms with van der Waals surface area (Å²) in [6.45, 7) is 4.04. The third kappa shape index (κ3) is 4.38. The number of pyridine rings is 1. The van der Waals surface area contributed by atoms with Gasteiger partial charge in [0.2, 0.25) is 0 Å². The van der Waals surface area contributed by atoms with Gasteiger partial charge >= 0.3 is 0 Å². The Morgan fingerprint density at radius 1 is 1.39 bits per heavy atom. The molecule has 1 fully saturated rings. The largest absolute Gasteiger partial charge is 0.387 e. The van der Waals surface area contributed by atoms with E-state index in [0.717, 1.165) is 16.8 Å². The fourth-order valence-corrected chi connectivity index (χ4v) is 5.17. The summed E-state index contributed by atoms with van der Waals surface area (Å²) in [5.41, 5.74) is 9.16. The Kier molecular flexibility index (Phi) is 6.69. The molecule has 3 atom stereocenters. The minimum Gasteiger partial charge on any atom is -0.387 e. The van der Waals surface area contributed by atoms with Gasteiger partial charge in [0.1, 0.15) is 0 Å². The molecule has 0 aliphatic carbocycles. The maximum atomic E-state index is 13.4. The van der Waals surface area contributed by atoms with Crippen molar-refractivity contribution < 1.29 is 14.6 Å². The van der Waals surface area contributed by atoms with Crippen molar-refractivity contribution >= 4 is 34.8 Å². The number of amides is 1. The molecule has 2 aliphatic rings. The quantitative estimate of drug-likeness (QED) is 0.722. The van der Waals surface area contributed by atoms with Crippen LogP contribution in [-0.4, -0.2) is 59.8 Å². The molecule has 166 valence electrons. The van der Waals surface area contributed by atoms with Gasteiger partial charge in [-0.1, -0.05) is 23.2 Å². The number of aliphatic hydroxyl groups excluding tert-OH is 1.